The van der Waals surface area contributed by atoms with E-state index in [4.69, 9.17) is 0 Å². The predicted octanol–water partition coefficient (Wildman–Crippen LogP) is 1.68. The molecule has 2 rings (SSSR count). The van der Waals surface area contributed by atoms with Crippen LogP contribution in [0, 0.1) is 12.8 Å². The average molecular weight is 314 g/mol. The molecule has 1 heterocycles. The summed E-state index contributed by atoms with van der Waals surface area (Å²) >= 11 is 0. The summed E-state index contributed by atoms with van der Waals surface area (Å²) in [4.78, 5) is 0.300. The summed E-state index contributed by atoms with van der Waals surface area (Å²) in [5.74, 6) is 0.693. The first-order valence-electron chi connectivity index (χ1n) is 7.71. The maximum atomic E-state index is 12.6. The summed E-state index contributed by atoms with van der Waals surface area (Å²) in [6.45, 7) is 7.06. The van der Waals surface area contributed by atoms with Gasteiger partial charge in [-0.15, -0.1) is 0 Å². The van der Waals surface area contributed by atoms with Crippen LogP contribution in [0.3, 0.4) is 0 Å². The molecule has 1 aliphatic carbocycles. The van der Waals surface area contributed by atoms with Crippen LogP contribution >= 0.6 is 0 Å². The van der Waals surface area contributed by atoms with Crippen molar-refractivity contribution in [3.63, 3.8) is 0 Å². The first kappa shape index (κ1) is 16.5. The van der Waals surface area contributed by atoms with Crippen molar-refractivity contribution in [3.05, 3.63) is 11.4 Å². The molecule has 7 heteroatoms. The van der Waals surface area contributed by atoms with Crippen LogP contribution < -0.4 is 10.0 Å². The van der Waals surface area contributed by atoms with E-state index in [9.17, 15) is 8.42 Å². The quantitative estimate of drug-likeness (QED) is 0.605. The first-order valence-corrected chi connectivity index (χ1v) is 9.19. The van der Waals surface area contributed by atoms with Gasteiger partial charge in [-0.05, 0) is 39.2 Å². The lowest BCUT2D eigenvalue weighted by Gasteiger charge is -2.14. The van der Waals surface area contributed by atoms with Crippen LogP contribution in [-0.2, 0) is 16.6 Å². The van der Waals surface area contributed by atoms with Crippen molar-refractivity contribution in [1.82, 2.24) is 20.2 Å². The van der Waals surface area contributed by atoms with E-state index in [2.05, 4.69) is 27.2 Å². The molecule has 1 fully saturated rings. The van der Waals surface area contributed by atoms with E-state index >= 15 is 0 Å². The Hall–Kier alpha value is -0.920. The summed E-state index contributed by atoms with van der Waals surface area (Å²) in [5.41, 5.74) is 1.15. The Labute approximate surface area is 127 Å². The average Bonchev–Trinajstić information content (AvgIpc) is 3.10. The van der Waals surface area contributed by atoms with Crippen LogP contribution in [0.25, 0.3) is 0 Å². The Morgan fingerprint density at radius 2 is 2.14 bits per heavy atom. The molecule has 0 saturated heterocycles. The minimum atomic E-state index is -3.52. The third kappa shape index (κ3) is 4.52. The van der Waals surface area contributed by atoms with Crippen LogP contribution in [-0.4, -0.2) is 31.2 Å². The van der Waals surface area contributed by atoms with Gasteiger partial charge in [-0.1, -0.05) is 19.8 Å². The van der Waals surface area contributed by atoms with E-state index in [1.807, 2.05) is 6.92 Å². The molecule has 1 atom stereocenters. The zero-order valence-corrected chi connectivity index (χ0v) is 13.9. The lowest BCUT2D eigenvalue weighted by molar-refractivity contribution is 0.528. The van der Waals surface area contributed by atoms with Crippen molar-refractivity contribution in [2.45, 2.75) is 63.9 Å². The number of hydrogen-bond acceptors (Lipinski definition) is 4. The van der Waals surface area contributed by atoms with E-state index in [1.54, 1.807) is 6.92 Å². The highest BCUT2D eigenvalue weighted by atomic mass is 32.2. The van der Waals surface area contributed by atoms with Gasteiger partial charge in [-0.3, -0.25) is 5.10 Å². The fraction of sp³-hybridized carbons (Fsp3) is 0.786. The number of aromatic amines is 1. The normalized spacial score (nSPS) is 17.1. The van der Waals surface area contributed by atoms with Gasteiger partial charge in [-0.25, -0.2) is 13.1 Å². The molecule has 6 nitrogen and oxygen atoms in total. The molecule has 1 saturated carbocycles. The number of nitrogens with one attached hydrogen (secondary N) is 3. The third-order valence-corrected chi connectivity index (χ3v) is 5.48. The molecule has 21 heavy (non-hydrogen) atoms. The zero-order valence-electron chi connectivity index (χ0n) is 13.1. The van der Waals surface area contributed by atoms with Gasteiger partial charge in [0.2, 0.25) is 10.0 Å². The summed E-state index contributed by atoms with van der Waals surface area (Å²) < 4.78 is 27.9. The summed E-state index contributed by atoms with van der Waals surface area (Å²) in [7, 11) is -3.52. The molecule has 1 unspecified atom stereocenters. The molecule has 0 bridgehead atoms. The lowest BCUT2D eigenvalue weighted by atomic mass is 10.2. The summed E-state index contributed by atoms with van der Waals surface area (Å²) in [5, 5.41) is 10.1. The Morgan fingerprint density at radius 1 is 1.43 bits per heavy atom. The van der Waals surface area contributed by atoms with Gasteiger partial charge in [0.05, 0.1) is 11.4 Å². The lowest BCUT2D eigenvalue weighted by Crippen LogP contribution is -2.34. The van der Waals surface area contributed by atoms with Gasteiger partial charge in [-0.2, -0.15) is 5.10 Å². The fourth-order valence-electron chi connectivity index (χ4n) is 2.55. The second-order valence-corrected chi connectivity index (χ2v) is 7.65. The summed E-state index contributed by atoms with van der Waals surface area (Å²) in [6, 6.07) is -0.0340. The number of aromatic nitrogens is 2. The number of nitrogens with zero attached hydrogens (tertiary/aromatic N) is 1. The van der Waals surface area contributed by atoms with Gasteiger partial charge in [0.1, 0.15) is 4.90 Å². The number of H-pyrrole nitrogens is 1. The molecule has 0 spiro atoms. The van der Waals surface area contributed by atoms with Crippen LogP contribution in [0.15, 0.2) is 4.90 Å². The van der Waals surface area contributed by atoms with Crippen molar-refractivity contribution < 1.29 is 8.42 Å². The Kier molecular flexibility index (Phi) is 5.40. The van der Waals surface area contributed by atoms with E-state index in [-0.39, 0.29) is 6.04 Å². The Bertz CT molecular complexity index is 564. The minimum absolute atomic E-state index is 0.0340. The molecule has 1 aromatic rings. The molecule has 3 N–H and O–H groups in total. The van der Waals surface area contributed by atoms with Crippen molar-refractivity contribution >= 4 is 10.0 Å². The SMILES string of the molecule is CCCNCc1n[nH]c(C)c1S(=O)(=O)NC(C)CC1CC1. The molecular weight excluding hydrogens is 288 g/mol. The number of aryl methyl sites for hydroxylation is 1. The van der Waals surface area contributed by atoms with Gasteiger partial charge in [0.25, 0.3) is 0 Å². The molecule has 1 aliphatic rings. The van der Waals surface area contributed by atoms with Crippen LogP contribution in [0.4, 0.5) is 0 Å². The van der Waals surface area contributed by atoms with E-state index < -0.39 is 10.0 Å². The highest BCUT2D eigenvalue weighted by Gasteiger charge is 2.29. The van der Waals surface area contributed by atoms with Crippen molar-refractivity contribution in [3.8, 4) is 0 Å². The molecule has 0 radical (unpaired) electrons. The molecule has 120 valence electrons. The fourth-order valence-corrected chi connectivity index (χ4v) is 4.18. The van der Waals surface area contributed by atoms with Crippen LogP contribution in [0.2, 0.25) is 0 Å². The maximum absolute atomic E-state index is 12.6. The van der Waals surface area contributed by atoms with Crippen molar-refractivity contribution in [2.24, 2.45) is 5.92 Å². The van der Waals surface area contributed by atoms with E-state index in [0.717, 1.165) is 19.4 Å². The van der Waals surface area contributed by atoms with Crippen molar-refractivity contribution in [2.75, 3.05) is 6.54 Å². The second-order valence-electron chi connectivity index (χ2n) is 6.00. The molecule has 0 amide bonds. The van der Waals surface area contributed by atoms with Crippen molar-refractivity contribution in [1.29, 1.82) is 0 Å². The van der Waals surface area contributed by atoms with Gasteiger partial charge >= 0.3 is 0 Å². The minimum Gasteiger partial charge on any atom is -0.311 e. The standard InChI is InChI=1S/C14H26N4O2S/c1-4-7-15-9-13-14(11(3)16-17-13)21(19,20)18-10(2)8-12-5-6-12/h10,12,15,18H,4-9H2,1-3H3,(H,16,17). The molecule has 0 aliphatic heterocycles. The highest BCUT2D eigenvalue weighted by molar-refractivity contribution is 7.89. The summed E-state index contributed by atoms with van der Waals surface area (Å²) in [6.07, 6.45) is 4.37. The van der Waals surface area contributed by atoms with Gasteiger partial charge in [0, 0.05) is 12.6 Å². The first-order chi connectivity index (χ1) is 9.94. The van der Waals surface area contributed by atoms with Crippen LogP contribution in [0.5, 0.6) is 0 Å². The molecular formula is C14H26N4O2S. The monoisotopic (exact) mass is 314 g/mol. The van der Waals surface area contributed by atoms with Gasteiger partial charge in [0.15, 0.2) is 0 Å². The van der Waals surface area contributed by atoms with Gasteiger partial charge < -0.3 is 5.32 Å². The Balaban J connectivity index is 2.08. The van der Waals surface area contributed by atoms with E-state index in [1.165, 1.54) is 12.8 Å². The molecule has 0 aromatic carbocycles. The van der Waals surface area contributed by atoms with E-state index in [0.29, 0.717) is 28.7 Å². The number of sulfonamides is 1. The largest absolute Gasteiger partial charge is 0.311 e. The zero-order chi connectivity index (χ0) is 15.5. The smallest absolute Gasteiger partial charge is 0.244 e. The molecule has 1 aromatic heterocycles. The third-order valence-electron chi connectivity index (χ3n) is 3.69. The number of rotatable bonds is 9. The highest BCUT2D eigenvalue weighted by Crippen LogP contribution is 2.33. The number of hydrogen-bond donors (Lipinski definition) is 3. The topological polar surface area (TPSA) is 86.9 Å². The second kappa shape index (κ2) is 6.89. The maximum Gasteiger partial charge on any atom is 0.244 e. The van der Waals surface area contributed by atoms with Crippen LogP contribution in [0.1, 0.15) is 50.9 Å². The Morgan fingerprint density at radius 3 is 2.76 bits per heavy atom. The predicted molar refractivity (Wildman–Crippen MR) is 82.4 cm³/mol.